The molecule has 2 N–H and O–H groups in total. The van der Waals surface area contributed by atoms with Gasteiger partial charge in [0.05, 0.1) is 0 Å². The molecule has 2 atom stereocenters. The van der Waals surface area contributed by atoms with Gasteiger partial charge in [-0.15, -0.1) is 11.3 Å². The number of carboxylic acid groups (broad SMARTS) is 1. The second kappa shape index (κ2) is 6.88. The Bertz CT molecular complexity index is 964. The van der Waals surface area contributed by atoms with Crippen LogP contribution in [0.1, 0.15) is 32.1 Å². The molecule has 0 radical (unpaired) electrons. The smallest absolute Gasteiger partial charge is 0.325 e. The van der Waals surface area contributed by atoms with E-state index in [1.165, 1.54) is 6.07 Å². The third-order valence-electron chi connectivity index (χ3n) is 5.66. The van der Waals surface area contributed by atoms with Gasteiger partial charge in [0.1, 0.15) is 9.75 Å². The Morgan fingerprint density at radius 1 is 1.15 bits per heavy atom. The Morgan fingerprint density at radius 3 is 2.44 bits per heavy atom. The van der Waals surface area contributed by atoms with Crippen LogP contribution in [0, 0.1) is 11.8 Å². The van der Waals surface area contributed by atoms with Crippen molar-refractivity contribution < 1.29 is 18.3 Å². The summed E-state index contributed by atoms with van der Waals surface area (Å²) in [5.41, 5.74) is -0.479. The van der Waals surface area contributed by atoms with Crippen molar-refractivity contribution in [3.8, 4) is 10.4 Å². The Morgan fingerprint density at radius 2 is 1.81 bits per heavy atom. The molecule has 1 aromatic carbocycles. The second-order valence-corrected chi connectivity index (χ2v) is 10.8. The molecule has 0 saturated heterocycles. The number of carboxylic acids is 1. The maximum Gasteiger partial charge on any atom is 0.325 e. The molecule has 27 heavy (non-hydrogen) atoms. The van der Waals surface area contributed by atoms with Gasteiger partial charge in [0.15, 0.2) is 0 Å². The molecule has 2 fully saturated rings. The molecular weight excluding hydrogens is 406 g/mol. The minimum atomic E-state index is -3.90. The van der Waals surface area contributed by atoms with E-state index < -0.39 is 21.5 Å². The van der Waals surface area contributed by atoms with Gasteiger partial charge in [-0.1, -0.05) is 49.4 Å². The van der Waals surface area contributed by atoms with Crippen LogP contribution in [0.4, 0.5) is 0 Å². The number of thiophene rings is 1. The van der Waals surface area contributed by atoms with Crippen molar-refractivity contribution in [3.63, 3.8) is 0 Å². The molecule has 144 valence electrons. The first-order valence-corrected chi connectivity index (χ1v) is 11.6. The SMILES string of the molecule is O=C(O)C1(NS(=O)(=O)c2ccc(-c3ccc(Cl)cc3)s2)C[C@H]1C1CCCC1. The maximum absolute atomic E-state index is 12.9. The first kappa shape index (κ1) is 18.9. The molecule has 0 spiro atoms. The summed E-state index contributed by atoms with van der Waals surface area (Å²) >= 11 is 7.02. The van der Waals surface area contributed by atoms with E-state index in [4.69, 9.17) is 11.6 Å². The number of carbonyl (C=O) groups is 1. The topological polar surface area (TPSA) is 83.5 Å². The predicted molar refractivity (Wildman–Crippen MR) is 106 cm³/mol. The van der Waals surface area contributed by atoms with Crippen LogP contribution in [0.3, 0.4) is 0 Å². The summed E-state index contributed by atoms with van der Waals surface area (Å²) in [6.07, 6.45) is 4.54. The van der Waals surface area contributed by atoms with Gasteiger partial charge in [0.2, 0.25) is 0 Å². The summed E-state index contributed by atoms with van der Waals surface area (Å²) in [6.45, 7) is 0. The van der Waals surface area contributed by atoms with E-state index in [0.717, 1.165) is 47.5 Å². The van der Waals surface area contributed by atoms with Crippen molar-refractivity contribution in [1.82, 2.24) is 4.72 Å². The van der Waals surface area contributed by atoms with E-state index in [2.05, 4.69) is 4.72 Å². The average molecular weight is 426 g/mol. The second-order valence-electron chi connectivity index (χ2n) is 7.36. The fourth-order valence-corrected chi connectivity index (χ4v) is 7.00. The van der Waals surface area contributed by atoms with Crippen molar-refractivity contribution in [2.24, 2.45) is 11.8 Å². The van der Waals surface area contributed by atoms with Crippen molar-refractivity contribution >= 4 is 38.9 Å². The van der Waals surface area contributed by atoms with E-state index in [1.54, 1.807) is 18.2 Å². The average Bonchev–Trinajstić information content (AvgIpc) is 3.03. The minimum absolute atomic E-state index is 0.108. The van der Waals surface area contributed by atoms with Crippen LogP contribution < -0.4 is 4.72 Å². The van der Waals surface area contributed by atoms with E-state index >= 15 is 0 Å². The van der Waals surface area contributed by atoms with E-state index in [9.17, 15) is 18.3 Å². The number of sulfonamides is 1. The van der Waals surface area contributed by atoms with Crippen molar-refractivity contribution in [2.45, 2.75) is 41.9 Å². The lowest BCUT2D eigenvalue weighted by Crippen LogP contribution is -2.45. The van der Waals surface area contributed by atoms with Gasteiger partial charge in [-0.05, 0) is 48.1 Å². The number of hydrogen-bond donors (Lipinski definition) is 2. The van der Waals surface area contributed by atoms with Crippen molar-refractivity contribution in [3.05, 3.63) is 41.4 Å². The van der Waals surface area contributed by atoms with Gasteiger partial charge in [-0.3, -0.25) is 4.79 Å². The quantitative estimate of drug-likeness (QED) is 0.719. The maximum atomic E-state index is 12.9. The van der Waals surface area contributed by atoms with Crippen LogP contribution in [0.2, 0.25) is 5.02 Å². The minimum Gasteiger partial charge on any atom is -0.480 e. The Kier molecular flexibility index (Phi) is 4.83. The van der Waals surface area contributed by atoms with Crippen molar-refractivity contribution in [1.29, 1.82) is 0 Å². The predicted octanol–water partition coefficient (Wildman–Crippen LogP) is 4.38. The molecular formula is C19H20ClNO4S2. The monoisotopic (exact) mass is 425 g/mol. The van der Waals surface area contributed by atoms with Gasteiger partial charge in [0.25, 0.3) is 10.0 Å². The highest BCUT2D eigenvalue weighted by Gasteiger charge is 2.65. The van der Waals surface area contributed by atoms with E-state index in [0.29, 0.717) is 17.4 Å². The molecule has 0 bridgehead atoms. The van der Waals surface area contributed by atoms with Crippen LogP contribution in [-0.2, 0) is 14.8 Å². The molecule has 0 amide bonds. The molecule has 2 saturated carbocycles. The largest absolute Gasteiger partial charge is 0.480 e. The number of halogens is 1. The van der Waals surface area contributed by atoms with E-state index in [-0.39, 0.29) is 10.1 Å². The molecule has 2 aliphatic carbocycles. The number of nitrogens with one attached hydrogen (secondary N) is 1. The standard InChI is InChI=1S/C19H20ClNO4S2/c20-14-7-5-13(6-8-14)16-9-10-17(26-16)27(24,25)21-19(18(22)23)11-15(19)12-3-1-2-4-12/h5-10,12,15,21H,1-4,11H2,(H,22,23)/t15-,19?/m0/s1. The zero-order chi connectivity index (χ0) is 19.2. The number of hydrogen-bond acceptors (Lipinski definition) is 4. The lowest BCUT2D eigenvalue weighted by molar-refractivity contribution is -0.140. The molecule has 4 rings (SSSR count). The van der Waals surface area contributed by atoms with E-state index in [1.807, 2.05) is 12.1 Å². The van der Waals surface area contributed by atoms with Gasteiger partial charge in [0, 0.05) is 9.90 Å². The zero-order valence-corrected chi connectivity index (χ0v) is 16.9. The highest BCUT2D eigenvalue weighted by molar-refractivity contribution is 7.91. The molecule has 1 unspecified atom stereocenters. The van der Waals surface area contributed by atoms with Crippen LogP contribution >= 0.6 is 22.9 Å². The van der Waals surface area contributed by atoms with Crippen LogP contribution in [-0.4, -0.2) is 25.0 Å². The Labute approximate surface area is 167 Å². The molecule has 5 nitrogen and oxygen atoms in total. The highest BCUT2D eigenvalue weighted by atomic mass is 35.5. The molecule has 1 aromatic heterocycles. The first-order valence-electron chi connectivity index (χ1n) is 8.95. The summed E-state index contributed by atoms with van der Waals surface area (Å²) in [5.74, 6) is -0.878. The number of aliphatic carboxylic acids is 1. The third kappa shape index (κ3) is 3.53. The number of rotatable bonds is 6. The highest BCUT2D eigenvalue weighted by Crippen LogP contribution is 2.54. The lowest BCUT2D eigenvalue weighted by Gasteiger charge is -2.17. The normalized spacial score (nSPS) is 25.6. The fourth-order valence-electron chi connectivity index (χ4n) is 4.15. The van der Waals surface area contributed by atoms with Crippen LogP contribution in [0.5, 0.6) is 0 Å². The van der Waals surface area contributed by atoms with Gasteiger partial charge < -0.3 is 5.11 Å². The molecule has 2 aromatic rings. The summed E-state index contributed by atoms with van der Waals surface area (Å²) in [5, 5.41) is 10.3. The summed E-state index contributed by atoms with van der Waals surface area (Å²) in [6, 6.07) is 10.4. The zero-order valence-electron chi connectivity index (χ0n) is 14.5. The summed E-state index contributed by atoms with van der Waals surface area (Å²) in [4.78, 5) is 12.7. The van der Waals surface area contributed by atoms with Gasteiger partial charge in [-0.25, -0.2) is 8.42 Å². The number of benzene rings is 1. The molecule has 0 aliphatic heterocycles. The fraction of sp³-hybridized carbons (Fsp3) is 0.421. The third-order valence-corrected chi connectivity index (χ3v) is 9.04. The molecule has 2 aliphatic rings. The molecule has 1 heterocycles. The lowest BCUT2D eigenvalue weighted by atomic mass is 9.98. The summed E-state index contributed by atoms with van der Waals surface area (Å²) < 4.78 is 28.4. The molecule has 8 heteroatoms. The van der Waals surface area contributed by atoms with Gasteiger partial charge >= 0.3 is 5.97 Å². The van der Waals surface area contributed by atoms with Crippen molar-refractivity contribution in [2.75, 3.05) is 0 Å². The summed E-state index contributed by atoms with van der Waals surface area (Å²) in [7, 11) is -3.90. The first-order chi connectivity index (χ1) is 12.8. The Hall–Kier alpha value is -1.41. The van der Waals surface area contributed by atoms with Crippen LogP contribution in [0.25, 0.3) is 10.4 Å². The Balaban J connectivity index is 1.56. The van der Waals surface area contributed by atoms with Crippen LogP contribution in [0.15, 0.2) is 40.6 Å². The van der Waals surface area contributed by atoms with Gasteiger partial charge in [-0.2, -0.15) is 4.72 Å².